The molecule has 1 amide bonds. The number of hydrogen-bond acceptors (Lipinski definition) is 2. The maximum Gasteiger partial charge on any atom is 0.254 e. The van der Waals surface area contributed by atoms with E-state index in [1.54, 1.807) is 6.07 Å². The Morgan fingerprint density at radius 3 is 2.60 bits per heavy atom. The summed E-state index contributed by atoms with van der Waals surface area (Å²) in [5.41, 5.74) is 7.21. The lowest BCUT2D eigenvalue weighted by Crippen LogP contribution is -2.41. The predicted octanol–water partition coefficient (Wildman–Crippen LogP) is 4.07. The Balaban J connectivity index is 2.22. The molecule has 0 aromatic heterocycles. The van der Waals surface area contributed by atoms with Gasteiger partial charge < -0.3 is 10.6 Å². The highest BCUT2D eigenvalue weighted by Crippen LogP contribution is 2.27. The number of carbonyl (C=O) groups is 1. The van der Waals surface area contributed by atoms with Crippen LogP contribution in [0.25, 0.3) is 0 Å². The summed E-state index contributed by atoms with van der Waals surface area (Å²) in [5, 5.41) is 0. The Kier molecular flexibility index (Phi) is 5.08. The Labute approximate surface area is 129 Å². The highest BCUT2D eigenvalue weighted by Gasteiger charge is 2.28. The number of nitrogen functional groups attached to an aromatic ring is 1. The van der Waals surface area contributed by atoms with Crippen LogP contribution in [0.15, 0.2) is 22.7 Å². The molecule has 0 atom stereocenters. The van der Waals surface area contributed by atoms with E-state index >= 15 is 0 Å². The third-order valence-corrected chi connectivity index (χ3v) is 4.55. The van der Waals surface area contributed by atoms with Crippen molar-refractivity contribution in [2.45, 2.75) is 45.6 Å². The maximum absolute atomic E-state index is 12.8. The van der Waals surface area contributed by atoms with Crippen molar-refractivity contribution in [1.29, 1.82) is 0 Å². The molecular weight excluding hydrogens is 316 g/mol. The minimum absolute atomic E-state index is 0.116. The van der Waals surface area contributed by atoms with Crippen LogP contribution in [0.1, 0.15) is 49.9 Å². The van der Waals surface area contributed by atoms with Crippen LogP contribution in [-0.4, -0.2) is 23.4 Å². The number of halogens is 1. The van der Waals surface area contributed by atoms with E-state index in [1.165, 1.54) is 12.8 Å². The molecule has 3 nitrogen and oxygen atoms in total. The van der Waals surface area contributed by atoms with E-state index in [0.29, 0.717) is 23.2 Å². The number of anilines is 1. The average Bonchev–Trinajstić information content (AvgIpc) is 2.92. The molecular formula is C16H23BrN2O. The second-order valence-corrected chi connectivity index (χ2v) is 6.88. The summed E-state index contributed by atoms with van der Waals surface area (Å²) in [6, 6.07) is 5.87. The van der Waals surface area contributed by atoms with E-state index in [4.69, 9.17) is 5.73 Å². The van der Waals surface area contributed by atoms with Gasteiger partial charge >= 0.3 is 0 Å². The van der Waals surface area contributed by atoms with Crippen LogP contribution < -0.4 is 5.73 Å². The number of amides is 1. The quantitative estimate of drug-likeness (QED) is 0.841. The molecule has 0 saturated heterocycles. The van der Waals surface area contributed by atoms with Crippen LogP contribution in [0.3, 0.4) is 0 Å². The van der Waals surface area contributed by atoms with Gasteiger partial charge in [0.2, 0.25) is 0 Å². The highest BCUT2D eigenvalue weighted by molar-refractivity contribution is 9.10. The van der Waals surface area contributed by atoms with Crippen LogP contribution in [0, 0.1) is 5.92 Å². The fourth-order valence-corrected chi connectivity index (χ4v) is 3.10. The van der Waals surface area contributed by atoms with Gasteiger partial charge in [-0.15, -0.1) is 0 Å². The fourth-order valence-electron chi connectivity index (χ4n) is 2.85. The van der Waals surface area contributed by atoms with Crippen molar-refractivity contribution >= 4 is 27.5 Å². The monoisotopic (exact) mass is 338 g/mol. The first kappa shape index (κ1) is 15.4. The fraction of sp³-hybridized carbons (Fsp3) is 0.562. The lowest BCUT2D eigenvalue weighted by Gasteiger charge is -2.31. The third kappa shape index (κ3) is 3.54. The summed E-state index contributed by atoms with van der Waals surface area (Å²) < 4.78 is 0.838. The molecule has 1 aliphatic rings. The van der Waals surface area contributed by atoms with Gasteiger partial charge in [-0.1, -0.05) is 26.7 Å². The van der Waals surface area contributed by atoms with Crippen molar-refractivity contribution in [3.63, 3.8) is 0 Å². The van der Waals surface area contributed by atoms with Gasteiger partial charge in [0.05, 0.1) is 0 Å². The van der Waals surface area contributed by atoms with Gasteiger partial charge in [-0.05, 0) is 52.9 Å². The smallest absolute Gasteiger partial charge is 0.254 e. The first-order valence-electron chi connectivity index (χ1n) is 7.35. The molecule has 4 heteroatoms. The Morgan fingerprint density at radius 1 is 1.40 bits per heavy atom. The van der Waals surface area contributed by atoms with Gasteiger partial charge in [-0.2, -0.15) is 0 Å². The highest BCUT2D eigenvalue weighted by atomic mass is 79.9. The van der Waals surface area contributed by atoms with Crippen molar-refractivity contribution in [2.75, 3.05) is 12.3 Å². The number of benzene rings is 1. The summed E-state index contributed by atoms with van der Waals surface area (Å²) in [5.74, 6) is 0.595. The summed E-state index contributed by atoms with van der Waals surface area (Å²) >= 11 is 3.37. The van der Waals surface area contributed by atoms with Crippen LogP contribution in [-0.2, 0) is 0 Å². The van der Waals surface area contributed by atoms with Gasteiger partial charge in [-0.25, -0.2) is 0 Å². The average molecular weight is 339 g/mol. The molecule has 0 radical (unpaired) electrons. The normalized spacial score (nSPS) is 15.8. The maximum atomic E-state index is 12.8. The summed E-state index contributed by atoms with van der Waals surface area (Å²) in [4.78, 5) is 14.8. The molecule has 0 unspecified atom stereocenters. The minimum Gasteiger partial charge on any atom is -0.398 e. The Hall–Kier alpha value is -1.03. The molecule has 1 saturated carbocycles. The van der Waals surface area contributed by atoms with Gasteiger partial charge in [0.15, 0.2) is 0 Å². The standard InChI is InChI=1S/C16H23BrN2O/c1-11(2)10-19(13-5-3-4-6-13)16(20)12-7-8-14(17)15(18)9-12/h7-9,11,13H,3-6,10,18H2,1-2H3. The molecule has 0 spiro atoms. The zero-order chi connectivity index (χ0) is 14.7. The van der Waals surface area contributed by atoms with E-state index in [2.05, 4.69) is 34.7 Å². The number of rotatable bonds is 4. The van der Waals surface area contributed by atoms with Crippen molar-refractivity contribution < 1.29 is 4.79 Å². The van der Waals surface area contributed by atoms with Gasteiger partial charge in [-0.3, -0.25) is 4.79 Å². The zero-order valence-corrected chi connectivity index (χ0v) is 13.8. The van der Waals surface area contributed by atoms with Crippen LogP contribution >= 0.6 is 15.9 Å². The van der Waals surface area contributed by atoms with Crippen molar-refractivity contribution in [3.8, 4) is 0 Å². The molecule has 0 bridgehead atoms. The molecule has 1 aromatic rings. The summed E-state index contributed by atoms with van der Waals surface area (Å²) in [6.45, 7) is 5.13. The van der Waals surface area contributed by atoms with Crippen molar-refractivity contribution in [2.24, 2.45) is 5.92 Å². The Morgan fingerprint density at radius 2 is 2.05 bits per heavy atom. The van der Waals surface area contributed by atoms with Gasteiger partial charge in [0.1, 0.15) is 0 Å². The lowest BCUT2D eigenvalue weighted by atomic mass is 10.1. The summed E-state index contributed by atoms with van der Waals surface area (Å²) in [7, 11) is 0. The van der Waals surface area contributed by atoms with Crippen LogP contribution in [0.2, 0.25) is 0 Å². The number of nitrogens with two attached hydrogens (primary N) is 1. The van der Waals surface area contributed by atoms with Crippen molar-refractivity contribution in [1.82, 2.24) is 4.90 Å². The third-order valence-electron chi connectivity index (χ3n) is 3.83. The molecule has 1 aliphatic carbocycles. The molecule has 1 fully saturated rings. The van der Waals surface area contributed by atoms with Gasteiger partial charge in [0.25, 0.3) is 5.91 Å². The van der Waals surface area contributed by atoms with Crippen LogP contribution in [0.4, 0.5) is 5.69 Å². The molecule has 2 rings (SSSR count). The van der Waals surface area contributed by atoms with Crippen LogP contribution in [0.5, 0.6) is 0 Å². The summed E-state index contributed by atoms with van der Waals surface area (Å²) in [6.07, 6.45) is 4.72. The van der Waals surface area contributed by atoms with E-state index < -0.39 is 0 Å². The second kappa shape index (κ2) is 6.61. The zero-order valence-electron chi connectivity index (χ0n) is 12.2. The second-order valence-electron chi connectivity index (χ2n) is 6.03. The number of carbonyl (C=O) groups excluding carboxylic acids is 1. The number of nitrogens with zero attached hydrogens (tertiary/aromatic N) is 1. The molecule has 0 aliphatic heterocycles. The lowest BCUT2D eigenvalue weighted by molar-refractivity contribution is 0.0655. The molecule has 0 heterocycles. The largest absolute Gasteiger partial charge is 0.398 e. The number of hydrogen-bond donors (Lipinski definition) is 1. The Bertz CT molecular complexity index is 481. The van der Waals surface area contributed by atoms with E-state index in [1.807, 2.05) is 12.1 Å². The molecule has 1 aromatic carbocycles. The molecule has 20 heavy (non-hydrogen) atoms. The minimum atomic E-state index is 0.116. The van der Waals surface area contributed by atoms with E-state index in [-0.39, 0.29) is 5.91 Å². The van der Waals surface area contributed by atoms with E-state index in [9.17, 15) is 4.79 Å². The SMILES string of the molecule is CC(C)CN(C(=O)c1ccc(Br)c(N)c1)C1CCCC1. The topological polar surface area (TPSA) is 46.3 Å². The predicted molar refractivity (Wildman–Crippen MR) is 86.7 cm³/mol. The van der Waals surface area contributed by atoms with E-state index in [0.717, 1.165) is 23.9 Å². The van der Waals surface area contributed by atoms with Crippen molar-refractivity contribution in [3.05, 3.63) is 28.2 Å². The first-order chi connectivity index (χ1) is 9.49. The molecule has 2 N–H and O–H groups in total. The first-order valence-corrected chi connectivity index (χ1v) is 8.14. The van der Waals surface area contributed by atoms with Gasteiger partial charge in [0, 0.05) is 28.3 Å². The molecule has 110 valence electrons.